The van der Waals surface area contributed by atoms with E-state index in [1.807, 2.05) is 0 Å². The summed E-state index contributed by atoms with van der Waals surface area (Å²) >= 11 is 0. The van der Waals surface area contributed by atoms with Crippen molar-refractivity contribution in [1.82, 2.24) is 4.98 Å². The number of esters is 1. The third-order valence-corrected chi connectivity index (χ3v) is 2.21. The van der Waals surface area contributed by atoms with Crippen molar-refractivity contribution in [3.05, 3.63) is 48.2 Å². The number of anilines is 1. The summed E-state index contributed by atoms with van der Waals surface area (Å²) in [7, 11) is 1.29. The number of methoxy groups -OCH3 is 1. The van der Waals surface area contributed by atoms with E-state index >= 15 is 0 Å². The Labute approximate surface area is 103 Å². The number of rotatable bonds is 3. The Kier molecular flexibility index (Phi) is 3.38. The monoisotopic (exact) mass is 246 g/mol. The Bertz CT molecular complexity index is 563. The van der Waals surface area contributed by atoms with Gasteiger partial charge in [-0.25, -0.2) is 9.78 Å². The second-order valence-corrected chi connectivity index (χ2v) is 3.40. The molecule has 1 N–H and O–H groups in total. The van der Waals surface area contributed by atoms with Gasteiger partial charge in [-0.2, -0.15) is 0 Å². The second-order valence-electron chi connectivity index (χ2n) is 3.40. The molecule has 0 unspecified atom stereocenters. The number of carbonyl (C=O) groups is 2. The first kappa shape index (κ1) is 11.8. The average molecular weight is 246 g/mol. The van der Waals surface area contributed by atoms with Crippen LogP contribution >= 0.6 is 0 Å². The fourth-order valence-electron chi connectivity index (χ4n) is 1.36. The summed E-state index contributed by atoms with van der Waals surface area (Å²) < 4.78 is 9.30. The number of hydrogen-bond acceptors (Lipinski definition) is 5. The van der Waals surface area contributed by atoms with Gasteiger partial charge in [0, 0.05) is 5.69 Å². The van der Waals surface area contributed by atoms with Gasteiger partial charge < -0.3 is 14.5 Å². The van der Waals surface area contributed by atoms with Crippen LogP contribution in [0.4, 0.5) is 5.69 Å². The van der Waals surface area contributed by atoms with Crippen LogP contribution in [0.3, 0.4) is 0 Å². The molecule has 2 rings (SSSR count). The van der Waals surface area contributed by atoms with Gasteiger partial charge in [-0.05, 0) is 18.2 Å². The van der Waals surface area contributed by atoms with Crippen molar-refractivity contribution in [2.75, 3.05) is 12.4 Å². The molecule has 1 amide bonds. The highest BCUT2D eigenvalue weighted by molar-refractivity contribution is 6.03. The third-order valence-electron chi connectivity index (χ3n) is 2.21. The van der Waals surface area contributed by atoms with E-state index in [1.54, 1.807) is 18.2 Å². The first-order valence-electron chi connectivity index (χ1n) is 5.08. The number of benzene rings is 1. The van der Waals surface area contributed by atoms with Gasteiger partial charge in [0.15, 0.2) is 12.1 Å². The predicted molar refractivity (Wildman–Crippen MR) is 62.2 cm³/mol. The largest absolute Gasteiger partial charge is 0.465 e. The molecule has 0 saturated carbocycles. The minimum atomic E-state index is -0.465. The number of nitrogens with zero attached hydrogens (tertiary/aromatic N) is 1. The number of hydrogen-bond donors (Lipinski definition) is 1. The molecule has 6 nitrogen and oxygen atoms in total. The van der Waals surface area contributed by atoms with Gasteiger partial charge in [0.05, 0.1) is 12.7 Å². The molecule has 18 heavy (non-hydrogen) atoms. The van der Waals surface area contributed by atoms with E-state index in [0.717, 1.165) is 0 Å². The van der Waals surface area contributed by atoms with Crippen LogP contribution in [-0.2, 0) is 4.74 Å². The second kappa shape index (κ2) is 5.13. The average Bonchev–Trinajstić information content (AvgIpc) is 2.92. The van der Waals surface area contributed by atoms with Gasteiger partial charge in [0.25, 0.3) is 5.91 Å². The SMILES string of the molecule is COC(=O)c1cccc(NC(=O)c2cocn2)c1. The summed E-state index contributed by atoms with van der Waals surface area (Å²) in [6, 6.07) is 6.41. The van der Waals surface area contributed by atoms with Crippen molar-refractivity contribution in [3.8, 4) is 0 Å². The van der Waals surface area contributed by atoms with Gasteiger partial charge >= 0.3 is 5.97 Å². The first-order valence-corrected chi connectivity index (χ1v) is 5.08. The molecule has 1 aromatic carbocycles. The molecule has 0 radical (unpaired) electrons. The number of nitrogens with one attached hydrogen (secondary N) is 1. The van der Waals surface area contributed by atoms with Crippen molar-refractivity contribution in [2.24, 2.45) is 0 Å². The fourth-order valence-corrected chi connectivity index (χ4v) is 1.36. The molecule has 0 saturated heterocycles. The van der Waals surface area contributed by atoms with Gasteiger partial charge in [-0.15, -0.1) is 0 Å². The zero-order valence-electron chi connectivity index (χ0n) is 9.54. The van der Waals surface area contributed by atoms with E-state index in [4.69, 9.17) is 4.42 Å². The Hall–Kier alpha value is -2.63. The number of amides is 1. The standard InChI is InChI=1S/C12H10N2O4/c1-17-12(16)8-3-2-4-9(5-8)14-11(15)10-6-18-7-13-10/h2-7H,1H3,(H,14,15). The highest BCUT2D eigenvalue weighted by Gasteiger charge is 2.10. The molecular weight excluding hydrogens is 236 g/mol. The molecule has 0 spiro atoms. The van der Waals surface area contributed by atoms with Crippen LogP contribution in [0, 0.1) is 0 Å². The maximum atomic E-state index is 11.7. The molecule has 0 aliphatic rings. The maximum Gasteiger partial charge on any atom is 0.337 e. The molecule has 2 aromatic rings. The molecule has 6 heteroatoms. The van der Waals surface area contributed by atoms with Crippen LogP contribution in [0.15, 0.2) is 41.3 Å². The topological polar surface area (TPSA) is 81.4 Å². The zero-order chi connectivity index (χ0) is 13.0. The number of aromatic nitrogens is 1. The Morgan fingerprint density at radius 3 is 2.89 bits per heavy atom. The van der Waals surface area contributed by atoms with Crippen molar-refractivity contribution in [1.29, 1.82) is 0 Å². The Balaban J connectivity index is 2.15. The van der Waals surface area contributed by atoms with Gasteiger partial charge in [-0.3, -0.25) is 4.79 Å². The minimum Gasteiger partial charge on any atom is -0.465 e. The molecule has 0 aliphatic carbocycles. The molecule has 0 aliphatic heterocycles. The van der Waals surface area contributed by atoms with Gasteiger partial charge in [-0.1, -0.05) is 6.07 Å². The predicted octanol–water partition coefficient (Wildman–Crippen LogP) is 1.71. The van der Waals surface area contributed by atoms with Crippen LogP contribution in [0.1, 0.15) is 20.8 Å². The van der Waals surface area contributed by atoms with Crippen molar-refractivity contribution >= 4 is 17.6 Å². The molecular formula is C12H10N2O4. The summed E-state index contributed by atoms with van der Waals surface area (Å²) in [6.07, 6.45) is 2.40. The van der Waals surface area contributed by atoms with Gasteiger partial charge in [0.2, 0.25) is 0 Å². The minimum absolute atomic E-state index is 0.165. The van der Waals surface area contributed by atoms with Crippen molar-refractivity contribution in [3.63, 3.8) is 0 Å². The normalized spacial score (nSPS) is 9.83. The molecule has 0 bridgehead atoms. The Morgan fingerprint density at radius 2 is 2.22 bits per heavy atom. The maximum absolute atomic E-state index is 11.7. The Morgan fingerprint density at radius 1 is 1.39 bits per heavy atom. The number of ether oxygens (including phenoxy) is 1. The van der Waals surface area contributed by atoms with Crippen LogP contribution in [-0.4, -0.2) is 24.0 Å². The molecule has 0 fully saturated rings. The highest BCUT2D eigenvalue weighted by atomic mass is 16.5. The van der Waals surface area contributed by atoms with Crippen LogP contribution in [0.2, 0.25) is 0 Å². The van der Waals surface area contributed by atoms with E-state index in [-0.39, 0.29) is 5.69 Å². The quantitative estimate of drug-likeness (QED) is 0.834. The van der Waals surface area contributed by atoms with Crippen LogP contribution in [0.5, 0.6) is 0 Å². The first-order chi connectivity index (χ1) is 8.70. The number of oxazole rings is 1. The summed E-state index contributed by atoms with van der Waals surface area (Å²) in [5.41, 5.74) is 1.000. The summed E-state index contributed by atoms with van der Waals surface area (Å²) in [4.78, 5) is 26.7. The lowest BCUT2D eigenvalue weighted by Gasteiger charge is -2.04. The van der Waals surface area contributed by atoms with Crippen molar-refractivity contribution in [2.45, 2.75) is 0 Å². The summed E-state index contributed by atoms with van der Waals surface area (Å²) in [5, 5.41) is 2.59. The summed E-state index contributed by atoms with van der Waals surface area (Å²) in [6.45, 7) is 0. The van der Waals surface area contributed by atoms with Crippen molar-refractivity contribution < 1.29 is 18.7 Å². The van der Waals surface area contributed by atoms with E-state index in [9.17, 15) is 9.59 Å². The lowest BCUT2D eigenvalue weighted by Crippen LogP contribution is -2.12. The molecule has 92 valence electrons. The molecule has 0 atom stereocenters. The third kappa shape index (κ3) is 2.54. The van der Waals surface area contributed by atoms with E-state index in [1.165, 1.54) is 25.8 Å². The summed E-state index contributed by atoms with van der Waals surface area (Å²) in [5.74, 6) is -0.877. The smallest absolute Gasteiger partial charge is 0.337 e. The zero-order valence-corrected chi connectivity index (χ0v) is 9.54. The van der Waals surface area contributed by atoms with E-state index in [2.05, 4.69) is 15.0 Å². The lowest BCUT2D eigenvalue weighted by molar-refractivity contribution is 0.0600. The van der Waals surface area contributed by atoms with E-state index < -0.39 is 11.9 Å². The lowest BCUT2D eigenvalue weighted by atomic mass is 10.2. The number of carbonyl (C=O) groups excluding carboxylic acids is 2. The van der Waals surface area contributed by atoms with Crippen LogP contribution in [0.25, 0.3) is 0 Å². The molecule has 1 aromatic heterocycles. The highest BCUT2D eigenvalue weighted by Crippen LogP contribution is 2.12. The van der Waals surface area contributed by atoms with Gasteiger partial charge in [0.1, 0.15) is 6.26 Å². The van der Waals surface area contributed by atoms with E-state index in [0.29, 0.717) is 11.3 Å². The van der Waals surface area contributed by atoms with Crippen LogP contribution < -0.4 is 5.32 Å². The molecule has 1 heterocycles. The fraction of sp³-hybridized carbons (Fsp3) is 0.0833.